The predicted molar refractivity (Wildman–Crippen MR) is 139 cm³/mol. The largest absolute Gasteiger partial charge is 0.505 e. The average molecular weight is 556 g/mol. The molecule has 4 aliphatic rings. The van der Waals surface area contributed by atoms with Crippen molar-refractivity contribution in [2.45, 2.75) is 24.5 Å². The van der Waals surface area contributed by atoms with Crippen LogP contribution in [0, 0.1) is 23.7 Å². The van der Waals surface area contributed by atoms with Gasteiger partial charge in [-0.25, -0.2) is 4.79 Å². The molecule has 3 fully saturated rings. The molecule has 0 radical (unpaired) electrons. The first kappa shape index (κ1) is 27.9. The summed E-state index contributed by atoms with van der Waals surface area (Å²) in [6.45, 7) is 2.35. The highest BCUT2D eigenvalue weighted by molar-refractivity contribution is 6.32. The summed E-state index contributed by atoms with van der Waals surface area (Å²) in [5, 5.41) is 25.3. The molecule has 1 saturated heterocycles. The number of fused-ring (bicyclic) bond motifs is 3. The molecule has 2 saturated carbocycles. The van der Waals surface area contributed by atoms with Crippen molar-refractivity contribution in [3.05, 3.63) is 23.3 Å². The number of phenolic OH excluding ortho intramolecular Hbond substituents is 1. The molecule has 40 heavy (non-hydrogen) atoms. The van der Waals surface area contributed by atoms with Crippen LogP contribution >= 0.6 is 0 Å². The summed E-state index contributed by atoms with van der Waals surface area (Å²) in [6.07, 6.45) is 0.138. The molecule has 5 N–H and O–H groups in total. The van der Waals surface area contributed by atoms with E-state index in [4.69, 9.17) is 5.73 Å². The van der Waals surface area contributed by atoms with Gasteiger partial charge in [-0.3, -0.25) is 28.9 Å². The zero-order valence-corrected chi connectivity index (χ0v) is 22.5. The van der Waals surface area contributed by atoms with Crippen LogP contribution in [0.3, 0.4) is 0 Å². The number of nitrogens with one attached hydrogen (secondary N) is 1. The second-order valence-electron chi connectivity index (χ2n) is 11.5. The van der Waals surface area contributed by atoms with Gasteiger partial charge in [-0.2, -0.15) is 0 Å². The van der Waals surface area contributed by atoms with Crippen LogP contribution in [-0.2, 0) is 25.6 Å². The Bertz CT molecular complexity index is 1340. The topological polar surface area (TPSA) is 191 Å². The lowest BCUT2D eigenvalue weighted by molar-refractivity contribution is -0.181. The first-order chi connectivity index (χ1) is 18.8. The van der Waals surface area contributed by atoms with Crippen molar-refractivity contribution in [3.63, 3.8) is 0 Å². The molecule has 1 heterocycles. The molecule has 1 aliphatic heterocycles. The van der Waals surface area contributed by atoms with Gasteiger partial charge in [0.15, 0.2) is 34.7 Å². The number of Topliss-reactive ketones (excluding diaryl/α,β-unsaturated/α-hetero) is 4. The minimum atomic E-state index is -2.78. The SMILES string of the molecule is CN1CCN(C(=O)Nc2ccc3c(c2O)C(=O)C2C(=O)[C@]4(O)C(=O)C(C(N)=O)C(=O)[C@@H](N(C)C)C4CC2C3)CC1. The Morgan fingerprint density at radius 3 is 2.33 bits per heavy atom. The highest BCUT2D eigenvalue weighted by Gasteiger charge is 2.69. The van der Waals surface area contributed by atoms with Crippen LogP contribution in [0.5, 0.6) is 5.75 Å². The van der Waals surface area contributed by atoms with Gasteiger partial charge in [-0.15, -0.1) is 0 Å². The molecule has 13 nitrogen and oxygen atoms in total. The third kappa shape index (κ3) is 4.02. The second-order valence-corrected chi connectivity index (χ2v) is 11.5. The number of ketones is 4. The molecule has 1 aromatic rings. The van der Waals surface area contributed by atoms with Gasteiger partial charge in [0.2, 0.25) is 5.91 Å². The summed E-state index contributed by atoms with van der Waals surface area (Å²) in [6, 6.07) is 1.49. The van der Waals surface area contributed by atoms with Crippen LogP contribution in [-0.4, -0.2) is 119 Å². The van der Waals surface area contributed by atoms with Crippen LogP contribution < -0.4 is 11.1 Å². The van der Waals surface area contributed by atoms with E-state index in [1.807, 2.05) is 7.05 Å². The lowest BCUT2D eigenvalue weighted by Gasteiger charge is -2.52. The molecule has 0 bridgehead atoms. The molecule has 4 unspecified atom stereocenters. The third-order valence-electron chi connectivity index (χ3n) is 8.97. The van der Waals surface area contributed by atoms with Gasteiger partial charge in [-0.05, 0) is 51.5 Å². The van der Waals surface area contributed by atoms with Crippen LogP contribution in [0.25, 0.3) is 0 Å². The maximum atomic E-state index is 13.9. The number of carbonyl (C=O) groups excluding carboxylic acids is 6. The Labute approximate surface area is 230 Å². The predicted octanol–water partition coefficient (Wildman–Crippen LogP) is -1.35. The Morgan fingerprint density at radius 1 is 1.07 bits per heavy atom. The number of anilines is 1. The molecule has 3 aliphatic carbocycles. The van der Waals surface area contributed by atoms with Crippen molar-refractivity contribution in [1.82, 2.24) is 14.7 Å². The Morgan fingerprint density at radius 2 is 1.73 bits per heavy atom. The molecule has 0 spiro atoms. The maximum absolute atomic E-state index is 13.9. The molecule has 5 rings (SSSR count). The highest BCUT2D eigenvalue weighted by atomic mass is 16.3. The van der Waals surface area contributed by atoms with Gasteiger partial charge in [0.1, 0.15) is 5.75 Å². The van der Waals surface area contributed by atoms with Gasteiger partial charge in [0.05, 0.1) is 23.2 Å². The fourth-order valence-electron chi connectivity index (χ4n) is 6.89. The molecule has 13 heteroatoms. The van der Waals surface area contributed by atoms with Gasteiger partial charge in [0.25, 0.3) is 0 Å². The Balaban J connectivity index is 1.49. The number of aromatic hydroxyl groups is 1. The fourth-order valence-corrected chi connectivity index (χ4v) is 6.89. The van der Waals surface area contributed by atoms with Crippen molar-refractivity contribution >= 4 is 40.8 Å². The minimum Gasteiger partial charge on any atom is -0.505 e. The lowest BCUT2D eigenvalue weighted by Crippen LogP contribution is -2.74. The van der Waals surface area contributed by atoms with Crippen molar-refractivity contribution < 1.29 is 39.0 Å². The number of phenols is 1. The number of aliphatic hydroxyl groups is 1. The van der Waals surface area contributed by atoms with E-state index < -0.39 is 76.1 Å². The van der Waals surface area contributed by atoms with Gasteiger partial charge < -0.3 is 31.1 Å². The number of likely N-dealkylation sites (N-methyl/N-ethyl adjacent to an activating group) is 2. The fraction of sp³-hybridized carbons (Fsp3) is 0.556. The number of carbonyl (C=O) groups is 6. The summed E-state index contributed by atoms with van der Waals surface area (Å²) in [7, 11) is 5.01. The molecule has 6 atom stereocenters. The summed E-state index contributed by atoms with van der Waals surface area (Å²) < 4.78 is 0. The number of urea groups is 1. The number of nitrogens with two attached hydrogens (primary N) is 1. The zero-order chi connectivity index (χ0) is 29.3. The molecule has 3 amide bonds. The first-order valence-electron chi connectivity index (χ1n) is 13.2. The average Bonchev–Trinajstić information content (AvgIpc) is 2.87. The quantitative estimate of drug-likeness (QED) is 0.256. The number of hydrogen-bond acceptors (Lipinski definition) is 10. The van der Waals surface area contributed by atoms with Crippen molar-refractivity contribution in [1.29, 1.82) is 0 Å². The summed E-state index contributed by atoms with van der Waals surface area (Å²) >= 11 is 0. The van der Waals surface area contributed by atoms with Crippen molar-refractivity contribution in [3.8, 4) is 5.75 Å². The van der Waals surface area contributed by atoms with Crippen LogP contribution in [0.2, 0.25) is 0 Å². The number of nitrogens with zero attached hydrogens (tertiary/aromatic N) is 3. The third-order valence-corrected chi connectivity index (χ3v) is 8.97. The number of rotatable bonds is 3. The lowest BCUT2D eigenvalue weighted by atomic mass is 9.52. The van der Waals surface area contributed by atoms with Crippen molar-refractivity contribution in [2.24, 2.45) is 29.4 Å². The summed E-state index contributed by atoms with van der Waals surface area (Å²) in [4.78, 5) is 84.1. The van der Waals surface area contributed by atoms with Gasteiger partial charge in [0, 0.05) is 32.1 Å². The summed E-state index contributed by atoms with van der Waals surface area (Å²) in [5.41, 5.74) is 2.84. The smallest absolute Gasteiger partial charge is 0.322 e. The normalized spacial score (nSPS) is 32.4. The minimum absolute atomic E-state index is 0.00451. The number of amides is 3. The first-order valence-corrected chi connectivity index (χ1v) is 13.2. The molecule has 214 valence electrons. The molecule has 1 aromatic carbocycles. The Kier molecular flexibility index (Phi) is 6.79. The van der Waals surface area contributed by atoms with Gasteiger partial charge >= 0.3 is 6.03 Å². The number of primary amides is 1. The maximum Gasteiger partial charge on any atom is 0.322 e. The van der Waals surface area contributed by atoms with E-state index in [0.29, 0.717) is 31.7 Å². The number of benzene rings is 1. The van der Waals surface area contributed by atoms with E-state index in [-0.39, 0.29) is 24.1 Å². The Hall–Kier alpha value is -3.68. The second kappa shape index (κ2) is 9.75. The van der Waals surface area contributed by atoms with Gasteiger partial charge in [-0.1, -0.05) is 6.07 Å². The molecular weight excluding hydrogens is 522 g/mol. The van der Waals surface area contributed by atoms with E-state index in [9.17, 15) is 39.0 Å². The van der Waals surface area contributed by atoms with Crippen LogP contribution in [0.4, 0.5) is 10.5 Å². The van der Waals surface area contributed by atoms with Crippen LogP contribution in [0.15, 0.2) is 12.1 Å². The van der Waals surface area contributed by atoms with Crippen molar-refractivity contribution in [2.75, 3.05) is 52.6 Å². The summed E-state index contributed by atoms with van der Waals surface area (Å²) in [5.74, 6) is -11.1. The molecule has 0 aromatic heterocycles. The monoisotopic (exact) mass is 555 g/mol. The number of hydrogen-bond donors (Lipinski definition) is 4. The van der Waals surface area contributed by atoms with E-state index in [2.05, 4.69) is 10.2 Å². The highest BCUT2D eigenvalue weighted by Crippen LogP contribution is 2.51. The van der Waals surface area contributed by atoms with E-state index in [1.54, 1.807) is 11.0 Å². The zero-order valence-electron chi connectivity index (χ0n) is 22.5. The standard InChI is InChI=1S/C27H33N5O8/c1-30(2)19-14-11-13-10-12-4-5-15(29-26(39)32-8-6-31(3)7-9-32)20(33)16(12)21(34)17(13)23(36)27(14,40)24(37)18(22(19)35)25(28)38/h4-5,13-14,17-19,33,40H,6-11H2,1-3H3,(H2,28,38)(H,29,39)/t13?,14?,17?,18?,19-,27-/m0/s1. The van der Waals surface area contributed by atoms with E-state index in [0.717, 1.165) is 0 Å². The van der Waals surface area contributed by atoms with Crippen LogP contribution in [0.1, 0.15) is 22.3 Å². The number of piperazine rings is 1. The van der Waals surface area contributed by atoms with E-state index in [1.165, 1.54) is 25.1 Å². The van der Waals surface area contributed by atoms with E-state index >= 15 is 0 Å². The molecular formula is C27H33N5O8.